The number of rotatable bonds is 5. The van der Waals surface area contributed by atoms with Gasteiger partial charge in [-0.3, -0.25) is 4.79 Å². The van der Waals surface area contributed by atoms with Crippen LogP contribution in [0.15, 0.2) is 32.3 Å². The zero-order valence-electron chi connectivity index (χ0n) is 13.3. The van der Waals surface area contributed by atoms with Gasteiger partial charge < -0.3 is 9.42 Å². The van der Waals surface area contributed by atoms with Crippen molar-refractivity contribution in [1.29, 1.82) is 0 Å². The van der Waals surface area contributed by atoms with Crippen LogP contribution in [0.1, 0.15) is 36.8 Å². The van der Waals surface area contributed by atoms with Crippen LogP contribution in [-0.4, -0.2) is 37.5 Å². The largest absolute Gasteiger partial charge is 0.361 e. The van der Waals surface area contributed by atoms with Crippen molar-refractivity contribution in [1.82, 2.24) is 14.8 Å². The molecule has 1 saturated heterocycles. The van der Waals surface area contributed by atoms with Crippen molar-refractivity contribution in [2.45, 2.75) is 36.4 Å². The zero-order valence-corrected chi connectivity index (χ0v) is 14.9. The van der Waals surface area contributed by atoms with E-state index in [0.717, 1.165) is 36.3 Å². The fraction of sp³-hybridized carbons (Fsp3) is 0.467. The van der Waals surface area contributed by atoms with Crippen molar-refractivity contribution in [3.05, 3.63) is 35.0 Å². The van der Waals surface area contributed by atoms with Gasteiger partial charge in [0.05, 0.1) is 12.6 Å². The second-order valence-corrected chi connectivity index (χ2v) is 8.66. The van der Waals surface area contributed by atoms with Gasteiger partial charge in [0.1, 0.15) is 15.7 Å². The number of nitrogens with zero attached hydrogens (tertiary/aromatic N) is 2. The highest BCUT2D eigenvalue weighted by Gasteiger charge is 2.30. The number of amides is 1. The molecule has 130 valence electrons. The van der Waals surface area contributed by atoms with Crippen molar-refractivity contribution in [3.63, 3.8) is 0 Å². The number of carbonyl (C=O) groups excluding carboxylic acids is 1. The number of thiophene rings is 1. The third-order valence-corrected chi connectivity index (χ3v) is 6.78. The minimum Gasteiger partial charge on any atom is -0.361 e. The van der Waals surface area contributed by atoms with Crippen LogP contribution in [0, 0.1) is 6.92 Å². The smallest absolute Gasteiger partial charge is 0.250 e. The van der Waals surface area contributed by atoms with Crippen LogP contribution < -0.4 is 4.72 Å². The maximum atomic E-state index is 12.5. The summed E-state index contributed by atoms with van der Waals surface area (Å²) in [6.07, 6.45) is 2.70. The number of sulfonamides is 1. The lowest BCUT2D eigenvalue weighted by Gasteiger charge is -2.34. The van der Waals surface area contributed by atoms with Gasteiger partial charge in [0.25, 0.3) is 10.0 Å². The SMILES string of the molecule is Cc1cc([C@H]2CCCCN2C(=O)CNS(=O)(=O)c2cccs2)no1. The molecule has 2 aromatic rings. The third-order valence-electron chi connectivity index (χ3n) is 3.98. The summed E-state index contributed by atoms with van der Waals surface area (Å²) in [5.41, 5.74) is 0.724. The van der Waals surface area contributed by atoms with E-state index in [0.29, 0.717) is 12.3 Å². The normalized spacial score (nSPS) is 18.7. The molecule has 0 aliphatic carbocycles. The lowest BCUT2D eigenvalue weighted by molar-refractivity contribution is -0.133. The van der Waals surface area contributed by atoms with E-state index < -0.39 is 10.0 Å². The van der Waals surface area contributed by atoms with Gasteiger partial charge >= 0.3 is 0 Å². The van der Waals surface area contributed by atoms with Crippen LogP contribution in [0.2, 0.25) is 0 Å². The monoisotopic (exact) mass is 369 g/mol. The molecule has 0 bridgehead atoms. The summed E-state index contributed by atoms with van der Waals surface area (Å²) in [6.45, 7) is 2.14. The Balaban J connectivity index is 1.68. The summed E-state index contributed by atoms with van der Waals surface area (Å²) in [5.74, 6) is 0.446. The van der Waals surface area contributed by atoms with Gasteiger partial charge in [0.15, 0.2) is 0 Å². The predicted octanol–water partition coefficient (Wildman–Crippen LogP) is 2.08. The van der Waals surface area contributed by atoms with Gasteiger partial charge in [0.2, 0.25) is 5.91 Å². The molecule has 0 saturated carbocycles. The Kier molecular flexibility index (Phi) is 5.02. The second kappa shape index (κ2) is 7.04. The van der Waals surface area contributed by atoms with Crippen molar-refractivity contribution in [2.24, 2.45) is 0 Å². The van der Waals surface area contributed by atoms with Crippen LogP contribution in [0.3, 0.4) is 0 Å². The van der Waals surface area contributed by atoms with E-state index in [2.05, 4.69) is 9.88 Å². The first-order valence-electron chi connectivity index (χ1n) is 7.73. The Labute approximate surface area is 144 Å². The number of aryl methyl sites for hydroxylation is 1. The lowest BCUT2D eigenvalue weighted by Crippen LogP contribution is -2.44. The fourth-order valence-corrected chi connectivity index (χ4v) is 4.84. The quantitative estimate of drug-likeness (QED) is 0.871. The van der Waals surface area contributed by atoms with Crippen molar-refractivity contribution < 1.29 is 17.7 Å². The molecule has 0 aromatic carbocycles. The highest BCUT2D eigenvalue weighted by molar-refractivity contribution is 7.91. The number of nitrogens with one attached hydrogen (secondary N) is 1. The number of hydrogen-bond acceptors (Lipinski definition) is 6. The van der Waals surface area contributed by atoms with Gasteiger partial charge in [-0.15, -0.1) is 11.3 Å². The molecule has 1 amide bonds. The first-order valence-corrected chi connectivity index (χ1v) is 10.1. The first kappa shape index (κ1) is 17.1. The summed E-state index contributed by atoms with van der Waals surface area (Å²) < 4.78 is 32.0. The molecule has 2 aromatic heterocycles. The molecule has 1 N–H and O–H groups in total. The Morgan fingerprint density at radius 3 is 3.00 bits per heavy atom. The topological polar surface area (TPSA) is 92.5 Å². The maximum absolute atomic E-state index is 12.5. The molecule has 3 rings (SSSR count). The lowest BCUT2D eigenvalue weighted by atomic mass is 9.99. The van der Waals surface area contributed by atoms with Crippen molar-refractivity contribution in [3.8, 4) is 0 Å². The number of aromatic nitrogens is 1. The summed E-state index contributed by atoms with van der Waals surface area (Å²) in [4.78, 5) is 14.2. The Bertz CT molecular complexity index is 799. The fourth-order valence-electron chi connectivity index (χ4n) is 2.83. The first-order chi connectivity index (χ1) is 11.5. The zero-order chi connectivity index (χ0) is 17.2. The van der Waals surface area contributed by atoms with Gasteiger partial charge in [-0.1, -0.05) is 11.2 Å². The van der Waals surface area contributed by atoms with E-state index in [1.54, 1.807) is 23.3 Å². The summed E-state index contributed by atoms with van der Waals surface area (Å²) in [5, 5.41) is 5.70. The van der Waals surface area contributed by atoms with Crippen LogP contribution in [-0.2, 0) is 14.8 Å². The molecule has 0 radical (unpaired) electrons. The Morgan fingerprint density at radius 1 is 1.50 bits per heavy atom. The van der Waals surface area contributed by atoms with Crippen LogP contribution in [0.5, 0.6) is 0 Å². The molecular formula is C15H19N3O4S2. The maximum Gasteiger partial charge on any atom is 0.250 e. The highest BCUT2D eigenvalue weighted by atomic mass is 32.2. The van der Waals surface area contributed by atoms with E-state index in [1.165, 1.54) is 6.07 Å². The predicted molar refractivity (Wildman–Crippen MR) is 89.1 cm³/mol. The minimum atomic E-state index is -3.64. The average Bonchev–Trinajstić information content (AvgIpc) is 3.24. The van der Waals surface area contributed by atoms with Gasteiger partial charge in [0, 0.05) is 12.6 Å². The number of likely N-dealkylation sites (tertiary alicyclic amines) is 1. The molecule has 1 fully saturated rings. The second-order valence-electron chi connectivity index (χ2n) is 5.72. The molecule has 3 heterocycles. The molecule has 0 unspecified atom stereocenters. The Morgan fingerprint density at radius 2 is 2.33 bits per heavy atom. The molecule has 1 aliphatic rings. The van der Waals surface area contributed by atoms with E-state index >= 15 is 0 Å². The van der Waals surface area contributed by atoms with Gasteiger partial charge in [-0.2, -0.15) is 0 Å². The standard InChI is InChI=1S/C15H19N3O4S2/c1-11-9-12(17-22-11)13-5-2-3-7-18(13)14(19)10-16-24(20,21)15-6-4-8-23-15/h4,6,8-9,13,16H,2-3,5,7,10H2,1H3/t13-/m1/s1. The van der Waals surface area contributed by atoms with E-state index in [-0.39, 0.29) is 22.7 Å². The van der Waals surface area contributed by atoms with Crippen LogP contribution >= 0.6 is 11.3 Å². The number of hydrogen-bond donors (Lipinski definition) is 1. The summed E-state index contributed by atoms with van der Waals surface area (Å²) >= 11 is 1.12. The third kappa shape index (κ3) is 3.68. The van der Waals surface area contributed by atoms with Gasteiger partial charge in [-0.25, -0.2) is 13.1 Å². The number of carbonyl (C=O) groups is 1. The van der Waals surface area contributed by atoms with Gasteiger partial charge in [-0.05, 0) is 37.6 Å². The summed E-state index contributed by atoms with van der Waals surface area (Å²) in [6, 6.07) is 4.84. The average molecular weight is 369 g/mol. The highest BCUT2D eigenvalue weighted by Crippen LogP contribution is 2.30. The molecule has 0 spiro atoms. The Hall–Kier alpha value is -1.71. The van der Waals surface area contributed by atoms with E-state index in [9.17, 15) is 13.2 Å². The molecule has 24 heavy (non-hydrogen) atoms. The van der Waals surface area contributed by atoms with E-state index in [1.807, 2.05) is 6.07 Å². The molecule has 1 atom stereocenters. The minimum absolute atomic E-state index is 0.157. The molecule has 9 heteroatoms. The van der Waals surface area contributed by atoms with E-state index in [4.69, 9.17) is 4.52 Å². The molecule has 7 nitrogen and oxygen atoms in total. The van der Waals surface area contributed by atoms with Crippen molar-refractivity contribution >= 4 is 27.3 Å². The molecular weight excluding hydrogens is 350 g/mol. The molecule has 1 aliphatic heterocycles. The van der Waals surface area contributed by atoms with Crippen molar-refractivity contribution in [2.75, 3.05) is 13.1 Å². The summed E-state index contributed by atoms with van der Waals surface area (Å²) in [7, 11) is -3.64. The van der Waals surface area contributed by atoms with Crippen LogP contribution in [0.4, 0.5) is 0 Å². The van der Waals surface area contributed by atoms with Crippen LogP contribution in [0.25, 0.3) is 0 Å². The number of piperidine rings is 1.